The predicted octanol–water partition coefficient (Wildman–Crippen LogP) is 5.43. The molecule has 3 amide bonds. The molecule has 0 fully saturated rings. The van der Waals surface area contributed by atoms with Crippen LogP contribution in [0.4, 0.5) is 11.4 Å². The van der Waals surface area contributed by atoms with Gasteiger partial charge in [-0.05, 0) is 73.2 Å². The highest BCUT2D eigenvalue weighted by atomic mass is 32.2. The Balaban J connectivity index is 1.36. The van der Waals surface area contributed by atoms with E-state index < -0.39 is 17.8 Å². The highest BCUT2D eigenvalue weighted by Gasteiger charge is 2.16. The molecular formula is C30H25N3O6S. The number of carbonyl (C=O) groups excluding carboxylic acids is 3. The summed E-state index contributed by atoms with van der Waals surface area (Å²) in [6.45, 7) is 1.78. The van der Waals surface area contributed by atoms with Gasteiger partial charge in [-0.3, -0.25) is 14.4 Å². The van der Waals surface area contributed by atoms with Crippen molar-refractivity contribution in [2.45, 2.75) is 11.8 Å². The third-order valence-electron chi connectivity index (χ3n) is 5.60. The summed E-state index contributed by atoms with van der Waals surface area (Å²) in [6, 6.07) is 23.3. The molecule has 0 bridgehead atoms. The van der Waals surface area contributed by atoms with Crippen molar-refractivity contribution in [1.82, 2.24) is 5.32 Å². The second kappa shape index (κ2) is 13.1. The van der Waals surface area contributed by atoms with E-state index >= 15 is 0 Å². The summed E-state index contributed by atoms with van der Waals surface area (Å²) in [4.78, 5) is 50.1. The molecular weight excluding hydrogens is 530 g/mol. The van der Waals surface area contributed by atoms with E-state index in [1.54, 1.807) is 79.7 Å². The fourth-order valence-electron chi connectivity index (χ4n) is 3.52. The SMILES string of the molecule is Cc1ccc(C(=O)O)cc1NC(=O)CSc1ccc(NC(=O)/C(=C/c2ccco2)NC(=O)c2ccccc2)cc1. The van der Waals surface area contributed by atoms with E-state index in [4.69, 9.17) is 9.52 Å². The average molecular weight is 556 g/mol. The van der Waals surface area contributed by atoms with E-state index in [1.807, 2.05) is 0 Å². The van der Waals surface area contributed by atoms with Crippen LogP contribution in [0.25, 0.3) is 6.08 Å². The molecule has 40 heavy (non-hydrogen) atoms. The second-order valence-corrected chi connectivity index (χ2v) is 9.59. The van der Waals surface area contributed by atoms with Crippen molar-refractivity contribution in [3.63, 3.8) is 0 Å². The van der Waals surface area contributed by atoms with Crippen LogP contribution in [-0.2, 0) is 9.59 Å². The Morgan fingerprint density at radius 1 is 0.875 bits per heavy atom. The van der Waals surface area contributed by atoms with Crippen LogP contribution < -0.4 is 16.0 Å². The van der Waals surface area contributed by atoms with E-state index in [1.165, 1.54) is 36.2 Å². The minimum Gasteiger partial charge on any atom is -0.478 e. The zero-order valence-electron chi connectivity index (χ0n) is 21.3. The number of furan rings is 1. The number of thioether (sulfide) groups is 1. The largest absolute Gasteiger partial charge is 0.478 e. The normalized spacial score (nSPS) is 11.0. The molecule has 4 aromatic rings. The first-order valence-electron chi connectivity index (χ1n) is 12.1. The average Bonchev–Trinajstić information content (AvgIpc) is 3.47. The van der Waals surface area contributed by atoms with Crippen LogP contribution in [0.1, 0.15) is 32.0 Å². The summed E-state index contributed by atoms with van der Waals surface area (Å²) < 4.78 is 5.30. The Hall–Kier alpha value is -5.09. The van der Waals surface area contributed by atoms with Crippen LogP contribution >= 0.6 is 11.8 Å². The zero-order chi connectivity index (χ0) is 28.5. The maximum absolute atomic E-state index is 13.0. The van der Waals surface area contributed by atoms with E-state index in [9.17, 15) is 19.2 Å². The van der Waals surface area contributed by atoms with Crippen LogP contribution in [0.15, 0.2) is 106 Å². The summed E-state index contributed by atoms with van der Waals surface area (Å²) >= 11 is 1.28. The number of carboxylic acids is 1. The van der Waals surface area contributed by atoms with Crippen molar-refractivity contribution in [2.24, 2.45) is 0 Å². The van der Waals surface area contributed by atoms with Gasteiger partial charge < -0.3 is 25.5 Å². The molecule has 0 atom stereocenters. The third-order valence-corrected chi connectivity index (χ3v) is 6.61. The first-order chi connectivity index (χ1) is 19.3. The third kappa shape index (κ3) is 7.71. The minimum absolute atomic E-state index is 0.00110. The standard InChI is InChI=1S/C30H25N3O6S/c1-19-9-10-21(30(37)38)16-25(19)32-27(34)18-40-24-13-11-22(12-14-24)31-29(36)26(17-23-8-5-15-39-23)33-28(35)20-6-3-2-4-7-20/h2-17H,18H2,1H3,(H,31,36)(H,32,34)(H,33,35)(H,37,38)/b26-17-. The Kier molecular flexibility index (Phi) is 9.16. The lowest BCUT2D eigenvalue weighted by Crippen LogP contribution is -2.30. The van der Waals surface area contributed by atoms with Crippen molar-refractivity contribution in [1.29, 1.82) is 0 Å². The Labute approximate surface area is 234 Å². The predicted molar refractivity (Wildman–Crippen MR) is 153 cm³/mol. The molecule has 1 heterocycles. The number of carboxylic acid groups (broad SMARTS) is 1. The van der Waals surface area contributed by atoms with Crippen LogP contribution in [0.3, 0.4) is 0 Å². The van der Waals surface area contributed by atoms with Gasteiger partial charge in [0.2, 0.25) is 5.91 Å². The first-order valence-corrected chi connectivity index (χ1v) is 13.1. The number of aromatic carboxylic acids is 1. The van der Waals surface area contributed by atoms with Crippen LogP contribution in [0, 0.1) is 6.92 Å². The maximum atomic E-state index is 13.0. The Bertz CT molecular complexity index is 1550. The van der Waals surface area contributed by atoms with Gasteiger partial charge in [-0.1, -0.05) is 24.3 Å². The lowest BCUT2D eigenvalue weighted by atomic mass is 10.1. The van der Waals surface area contributed by atoms with Gasteiger partial charge in [-0.25, -0.2) is 4.79 Å². The molecule has 202 valence electrons. The van der Waals surface area contributed by atoms with Crippen molar-refractivity contribution in [2.75, 3.05) is 16.4 Å². The highest BCUT2D eigenvalue weighted by molar-refractivity contribution is 8.00. The van der Waals surface area contributed by atoms with E-state index in [2.05, 4.69) is 16.0 Å². The zero-order valence-corrected chi connectivity index (χ0v) is 22.2. The summed E-state index contributed by atoms with van der Waals surface area (Å²) in [7, 11) is 0. The Morgan fingerprint density at radius 3 is 2.30 bits per heavy atom. The molecule has 0 aliphatic heterocycles. The molecule has 0 aliphatic carbocycles. The lowest BCUT2D eigenvalue weighted by Gasteiger charge is -2.11. The van der Waals surface area contributed by atoms with Gasteiger partial charge in [0, 0.05) is 27.9 Å². The van der Waals surface area contributed by atoms with Gasteiger partial charge in [0.1, 0.15) is 11.5 Å². The highest BCUT2D eigenvalue weighted by Crippen LogP contribution is 2.22. The van der Waals surface area contributed by atoms with E-state index in [-0.39, 0.29) is 22.9 Å². The number of benzene rings is 3. The number of carbonyl (C=O) groups is 4. The molecule has 0 saturated carbocycles. The number of aryl methyl sites for hydroxylation is 1. The van der Waals surface area contributed by atoms with Crippen molar-refractivity contribution in [3.8, 4) is 0 Å². The number of amides is 3. The molecule has 0 radical (unpaired) electrons. The fraction of sp³-hybridized carbons (Fsp3) is 0.0667. The van der Waals surface area contributed by atoms with Crippen molar-refractivity contribution >= 4 is 52.9 Å². The van der Waals surface area contributed by atoms with Gasteiger partial charge in [0.15, 0.2) is 0 Å². The molecule has 0 unspecified atom stereocenters. The molecule has 0 saturated heterocycles. The van der Waals surface area contributed by atoms with Crippen LogP contribution in [-0.4, -0.2) is 34.6 Å². The van der Waals surface area contributed by atoms with Gasteiger partial charge in [-0.15, -0.1) is 11.8 Å². The molecule has 0 spiro atoms. The molecule has 1 aromatic heterocycles. The van der Waals surface area contributed by atoms with Gasteiger partial charge >= 0.3 is 5.97 Å². The summed E-state index contributed by atoms with van der Waals surface area (Å²) in [5, 5.41) is 17.3. The van der Waals surface area contributed by atoms with Crippen molar-refractivity contribution < 1.29 is 28.7 Å². The van der Waals surface area contributed by atoms with Crippen LogP contribution in [0.2, 0.25) is 0 Å². The molecule has 3 aromatic carbocycles. The molecule has 0 aliphatic rings. The van der Waals surface area contributed by atoms with Crippen LogP contribution in [0.5, 0.6) is 0 Å². The summed E-state index contributed by atoms with van der Waals surface area (Å²) in [6.07, 6.45) is 2.90. The second-order valence-electron chi connectivity index (χ2n) is 8.54. The number of hydrogen-bond donors (Lipinski definition) is 4. The van der Waals surface area contributed by atoms with Gasteiger partial charge in [0.05, 0.1) is 17.6 Å². The smallest absolute Gasteiger partial charge is 0.335 e. The number of nitrogens with one attached hydrogen (secondary N) is 3. The molecule has 4 N–H and O–H groups in total. The minimum atomic E-state index is -1.07. The number of anilines is 2. The topological polar surface area (TPSA) is 138 Å². The molecule has 10 heteroatoms. The van der Waals surface area contributed by atoms with E-state index in [0.717, 1.165) is 10.5 Å². The number of hydrogen-bond acceptors (Lipinski definition) is 6. The van der Waals surface area contributed by atoms with Gasteiger partial charge in [-0.2, -0.15) is 0 Å². The molecule has 4 rings (SSSR count). The lowest BCUT2D eigenvalue weighted by molar-refractivity contribution is -0.114. The quantitative estimate of drug-likeness (QED) is 0.151. The first kappa shape index (κ1) is 27.9. The number of rotatable bonds is 10. The summed E-state index contributed by atoms with van der Waals surface area (Å²) in [5.74, 6) is -1.84. The van der Waals surface area contributed by atoms with Crippen molar-refractivity contribution in [3.05, 3.63) is 119 Å². The molecule has 9 nitrogen and oxygen atoms in total. The summed E-state index contributed by atoms with van der Waals surface area (Å²) in [5.41, 5.74) is 2.18. The monoisotopic (exact) mass is 555 g/mol. The maximum Gasteiger partial charge on any atom is 0.335 e. The van der Waals surface area contributed by atoms with Gasteiger partial charge in [0.25, 0.3) is 11.8 Å². The van der Waals surface area contributed by atoms with E-state index in [0.29, 0.717) is 22.7 Å². The fourth-order valence-corrected chi connectivity index (χ4v) is 4.21. The Morgan fingerprint density at radius 2 is 1.62 bits per heavy atom.